The van der Waals surface area contributed by atoms with Crippen LogP contribution in [0.5, 0.6) is 0 Å². The first kappa shape index (κ1) is 25.2. The lowest BCUT2D eigenvalue weighted by Gasteiger charge is -2.36. The van der Waals surface area contributed by atoms with Gasteiger partial charge in [-0.3, -0.25) is 4.79 Å². The molecule has 188 valence electrons. The number of alkyl halides is 2. The van der Waals surface area contributed by atoms with Gasteiger partial charge in [0.05, 0.1) is 16.9 Å². The highest BCUT2D eigenvalue weighted by Crippen LogP contribution is 2.34. The molecule has 3 aromatic rings. The normalized spacial score (nSPS) is 18.3. The third kappa shape index (κ3) is 5.03. The molecule has 8 nitrogen and oxygen atoms in total. The zero-order valence-electron chi connectivity index (χ0n) is 20.1. The summed E-state index contributed by atoms with van der Waals surface area (Å²) in [6.07, 6.45) is 2.57. The summed E-state index contributed by atoms with van der Waals surface area (Å²) in [6, 6.07) is 9.52. The minimum Gasteiger partial charge on any atom is -0.370 e. The molecule has 36 heavy (non-hydrogen) atoms. The molecule has 0 bridgehead atoms. The summed E-state index contributed by atoms with van der Waals surface area (Å²) in [5, 5.41) is 13.0. The number of pyridine rings is 3. The van der Waals surface area contributed by atoms with E-state index >= 15 is 0 Å². The minimum absolute atomic E-state index is 0.0359. The van der Waals surface area contributed by atoms with E-state index < -0.39 is 12.6 Å². The van der Waals surface area contributed by atoms with Crippen molar-refractivity contribution in [2.45, 2.75) is 45.3 Å². The van der Waals surface area contributed by atoms with Crippen LogP contribution in [0.25, 0.3) is 11.0 Å². The van der Waals surface area contributed by atoms with Crippen LogP contribution in [0.4, 0.5) is 18.9 Å². The van der Waals surface area contributed by atoms with Gasteiger partial charge in [-0.15, -0.1) is 0 Å². The third-order valence-corrected chi connectivity index (χ3v) is 6.75. The van der Waals surface area contributed by atoms with Gasteiger partial charge >= 0.3 is 6.61 Å². The van der Waals surface area contributed by atoms with Gasteiger partial charge in [0, 0.05) is 43.4 Å². The Labute approximate surface area is 205 Å². The van der Waals surface area contributed by atoms with Crippen LogP contribution in [-0.2, 0) is 11.9 Å². The van der Waals surface area contributed by atoms with E-state index in [0.29, 0.717) is 59.4 Å². The average Bonchev–Trinajstić information content (AvgIpc) is 2.86. The van der Waals surface area contributed by atoms with Crippen molar-refractivity contribution in [2.24, 2.45) is 18.1 Å². The Morgan fingerprint density at radius 2 is 1.94 bits per heavy atom. The average molecular weight is 499 g/mol. The monoisotopic (exact) mass is 498 g/mol. The molecule has 4 rings (SSSR count). The first-order valence-electron chi connectivity index (χ1n) is 11.5. The van der Waals surface area contributed by atoms with Gasteiger partial charge in [0.2, 0.25) is 5.95 Å². The number of rotatable bonds is 6. The number of fused-ring (bicyclic) bond motifs is 1. The van der Waals surface area contributed by atoms with Crippen molar-refractivity contribution in [3.63, 3.8) is 0 Å². The molecule has 3 aromatic heterocycles. The molecule has 0 aromatic carbocycles. The number of hydrogen-bond donors (Lipinski definition) is 0. The molecule has 1 aliphatic carbocycles. The van der Waals surface area contributed by atoms with E-state index in [2.05, 4.69) is 20.0 Å². The van der Waals surface area contributed by atoms with Crippen molar-refractivity contribution in [1.29, 1.82) is 5.26 Å². The number of aryl methyl sites for hydroxylation is 2. The van der Waals surface area contributed by atoms with Crippen LogP contribution in [0.3, 0.4) is 0 Å². The van der Waals surface area contributed by atoms with Gasteiger partial charge in [-0.1, -0.05) is 5.16 Å². The Kier molecular flexibility index (Phi) is 7.24. The molecule has 0 unspecified atom stereocenters. The van der Waals surface area contributed by atoms with E-state index in [1.54, 1.807) is 26.1 Å². The SMILES string of the molecule is Cc1nc(F)ccc1/C(=N/OC(F)F)[C@H]1CC[C@H](N(C)c2cc(=O)n(C)c3ccc(C#N)nc23)CC1. The van der Waals surface area contributed by atoms with Gasteiger partial charge in [0.25, 0.3) is 5.56 Å². The molecular formula is C25H25F3N6O2. The Bertz CT molecular complexity index is 1410. The van der Waals surface area contributed by atoms with Gasteiger partial charge in [-0.2, -0.15) is 18.4 Å². The molecule has 0 amide bonds. The van der Waals surface area contributed by atoms with Crippen LogP contribution < -0.4 is 10.5 Å². The van der Waals surface area contributed by atoms with Gasteiger partial charge in [0.15, 0.2) is 0 Å². The maximum absolute atomic E-state index is 13.5. The summed E-state index contributed by atoms with van der Waals surface area (Å²) in [5.41, 5.74) is 3.00. The van der Waals surface area contributed by atoms with Crippen LogP contribution >= 0.6 is 0 Å². The summed E-state index contributed by atoms with van der Waals surface area (Å²) < 4.78 is 40.6. The van der Waals surface area contributed by atoms with Crippen molar-refractivity contribution in [1.82, 2.24) is 14.5 Å². The van der Waals surface area contributed by atoms with Gasteiger partial charge < -0.3 is 14.3 Å². The molecule has 1 aliphatic rings. The lowest BCUT2D eigenvalue weighted by atomic mass is 9.80. The Hall–Kier alpha value is -3.94. The topological polar surface area (TPSA) is 96.4 Å². The molecule has 0 N–H and O–H groups in total. The molecule has 1 saturated carbocycles. The van der Waals surface area contributed by atoms with Gasteiger partial charge in [-0.05, 0) is 56.9 Å². The summed E-state index contributed by atoms with van der Waals surface area (Å²) in [6.45, 7) is -1.48. The highest BCUT2D eigenvalue weighted by Gasteiger charge is 2.30. The maximum atomic E-state index is 13.5. The summed E-state index contributed by atoms with van der Waals surface area (Å²) >= 11 is 0. The maximum Gasteiger partial charge on any atom is 0.407 e. The van der Waals surface area contributed by atoms with Crippen LogP contribution in [0.2, 0.25) is 0 Å². The molecule has 0 atom stereocenters. The number of nitrogens with zero attached hydrogens (tertiary/aromatic N) is 6. The summed E-state index contributed by atoms with van der Waals surface area (Å²) in [7, 11) is 3.53. The predicted octanol–water partition coefficient (Wildman–Crippen LogP) is 4.29. The van der Waals surface area contributed by atoms with Gasteiger partial charge in [-0.25, -0.2) is 9.97 Å². The molecule has 3 heterocycles. The molecular weight excluding hydrogens is 473 g/mol. The third-order valence-electron chi connectivity index (χ3n) is 6.75. The van der Waals surface area contributed by atoms with E-state index in [-0.39, 0.29) is 23.2 Å². The standard InChI is InChI=1S/C25H25F3N6O2/c1-14-18(9-11-21(26)30-14)23(32-36-25(27)28)15-4-7-17(8-5-15)33(2)20-12-22(35)34(3)19-10-6-16(13-29)31-24(19)20/h6,9-12,15,17,25H,4-5,7-8H2,1-3H3/b32-23+/t15-,17-. The molecule has 0 aliphatic heterocycles. The first-order chi connectivity index (χ1) is 17.2. The Morgan fingerprint density at radius 3 is 2.58 bits per heavy atom. The van der Waals surface area contributed by atoms with Crippen molar-refractivity contribution >= 4 is 22.4 Å². The van der Waals surface area contributed by atoms with Crippen LogP contribution in [-0.4, -0.2) is 39.9 Å². The number of anilines is 1. The van der Waals surface area contributed by atoms with E-state index in [9.17, 15) is 23.2 Å². The van der Waals surface area contributed by atoms with Gasteiger partial charge in [0.1, 0.15) is 17.3 Å². The fraction of sp³-hybridized carbons (Fsp3) is 0.400. The molecule has 1 fully saturated rings. The second kappa shape index (κ2) is 10.4. The lowest BCUT2D eigenvalue weighted by Crippen LogP contribution is -2.38. The molecule has 0 saturated heterocycles. The number of aromatic nitrogens is 3. The lowest BCUT2D eigenvalue weighted by molar-refractivity contribution is -0.128. The smallest absolute Gasteiger partial charge is 0.370 e. The number of nitriles is 1. The van der Waals surface area contributed by atoms with Crippen LogP contribution in [0, 0.1) is 30.1 Å². The number of halogens is 3. The second-order valence-corrected chi connectivity index (χ2v) is 8.83. The number of oxime groups is 1. The molecule has 0 radical (unpaired) electrons. The fourth-order valence-electron chi connectivity index (χ4n) is 4.82. The van der Waals surface area contributed by atoms with Crippen molar-refractivity contribution in [3.05, 3.63) is 63.6 Å². The van der Waals surface area contributed by atoms with Crippen LogP contribution in [0.1, 0.15) is 42.6 Å². The largest absolute Gasteiger partial charge is 0.407 e. The zero-order chi connectivity index (χ0) is 26.0. The van der Waals surface area contributed by atoms with E-state index in [0.717, 1.165) is 0 Å². The Morgan fingerprint density at radius 1 is 1.22 bits per heavy atom. The van der Waals surface area contributed by atoms with Crippen molar-refractivity contribution < 1.29 is 18.0 Å². The summed E-state index contributed by atoms with van der Waals surface area (Å²) in [5.74, 6) is -0.854. The van der Waals surface area contributed by atoms with Crippen molar-refractivity contribution in [3.8, 4) is 6.07 Å². The van der Waals surface area contributed by atoms with Crippen molar-refractivity contribution in [2.75, 3.05) is 11.9 Å². The molecule has 0 spiro atoms. The summed E-state index contributed by atoms with van der Waals surface area (Å²) in [4.78, 5) is 27.1. The quantitative estimate of drug-likeness (QED) is 0.286. The minimum atomic E-state index is -3.07. The first-order valence-corrected chi connectivity index (χ1v) is 11.5. The van der Waals surface area contributed by atoms with Crippen LogP contribution in [0.15, 0.2) is 40.3 Å². The fourth-order valence-corrected chi connectivity index (χ4v) is 4.82. The highest BCUT2D eigenvalue weighted by molar-refractivity contribution is 6.02. The predicted molar refractivity (Wildman–Crippen MR) is 128 cm³/mol. The Balaban J connectivity index is 1.60. The molecule has 11 heteroatoms. The van der Waals surface area contributed by atoms with E-state index in [4.69, 9.17) is 0 Å². The van der Waals surface area contributed by atoms with E-state index in [1.807, 2.05) is 18.0 Å². The van der Waals surface area contributed by atoms with E-state index in [1.165, 1.54) is 22.8 Å². The second-order valence-electron chi connectivity index (χ2n) is 8.83. The highest BCUT2D eigenvalue weighted by atomic mass is 19.3. The number of hydrogen-bond acceptors (Lipinski definition) is 7. The zero-order valence-corrected chi connectivity index (χ0v) is 20.1.